The summed E-state index contributed by atoms with van der Waals surface area (Å²) in [4.78, 5) is 3.66. The fourth-order valence-electron chi connectivity index (χ4n) is 0.586. The van der Waals surface area contributed by atoms with Gasteiger partial charge in [-0.05, 0) is 50.7 Å². The molecule has 0 bridgehead atoms. The van der Waals surface area contributed by atoms with Crippen LogP contribution in [-0.2, 0) is 0 Å². The first-order chi connectivity index (χ1) is 5.11. The molecule has 1 aromatic rings. The average molecular weight is 334 g/mol. The van der Waals surface area contributed by atoms with Crippen LogP contribution >= 0.6 is 38.5 Å². The maximum atomic E-state index is 12.1. The second-order valence-corrected chi connectivity index (χ2v) is 3.76. The molecule has 0 saturated carbocycles. The Morgan fingerprint density at radius 1 is 1.45 bits per heavy atom. The minimum absolute atomic E-state index is 0.197. The topological polar surface area (TPSA) is 12.9 Å². The van der Waals surface area contributed by atoms with Crippen LogP contribution in [0.1, 0.15) is 12.1 Å². The number of aromatic nitrogens is 1. The van der Waals surface area contributed by atoms with Crippen LogP contribution in [0.25, 0.3) is 0 Å². The summed E-state index contributed by atoms with van der Waals surface area (Å²) in [6.07, 6.45) is -2.51. The van der Waals surface area contributed by atoms with Crippen molar-refractivity contribution in [2.45, 2.75) is 6.43 Å². The minimum Gasteiger partial charge on any atom is -0.240 e. The van der Waals surface area contributed by atoms with Crippen molar-refractivity contribution in [3.8, 4) is 0 Å². The lowest BCUT2D eigenvalue weighted by atomic mass is 10.4. The van der Waals surface area contributed by atoms with Crippen molar-refractivity contribution in [1.29, 1.82) is 0 Å². The zero-order valence-corrected chi connectivity index (χ0v) is 8.93. The molecule has 1 rings (SSSR count). The summed E-state index contributed by atoms with van der Waals surface area (Å²) < 4.78 is 25.1. The molecule has 0 aliphatic carbocycles. The Labute approximate surface area is 84.5 Å². The molecule has 0 aliphatic heterocycles. The van der Waals surface area contributed by atoms with Crippen LogP contribution in [0.3, 0.4) is 0 Å². The molecule has 60 valence electrons. The number of hydrogen-bond donors (Lipinski definition) is 0. The van der Waals surface area contributed by atoms with E-state index in [9.17, 15) is 8.78 Å². The first-order valence-corrected chi connectivity index (χ1v) is 4.58. The van der Waals surface area contributed by atoms with Crippen LogP contribution in [-0.4, -0.2) is 4.98 Å². The van der Waals surface area contributed by atoms with Crippen molar-refractivity contribution in [3.05, 3.63) is 26.0 Å². The summed E-state index contributed by atoms with van der Waals surface area (Å²) in [6.45, 7) is 0. The standard InChI is InChI=1S/C6H3BrF2IN/c7-3-1-2-4(10)11-5(3)6(8)9/h1-2,6H. The SMILES string of the molecule is FC(F)c1nc(I)ccc1Br. The Kier molecular flexibility index (Phi) is 3.17. The summed E-state index contributed by atoms with van der Waals surface area (Å²) >= 11 is 4.88. The zero-order chi connectivity index (χ0) is 8.43. The van der Waals surface area contributed by atoms with Gasteiger partial charge in [0.15, 0.2) is 0 Å². The van der Waals surface area contributed by atoms with E-state index >= 15 is 0 Å². The maximum absolute atomic E-state index is 12.1. The third-order valence-corrected chi connectivity index (χ3v) is 2.32. The smallest absolute Gasteiger partial charge is 0.240 e. The van der Waals surface area contributed by atoms with Crippen LogP contribution in [0.4, 0.5) is 8.78 Å². The summed E-state index contributed by atoms with van der Waals surface area (Å²) in [5, 5.41) is 0. The fraction of sp³-hybridized carbons (Fsp3) is 0.167. The first kappa shape index (κ1) is 9.31. The number of rotatable bonds is 1. The van der Waals surface area contributed by atoms with E-state index in [1.807, 2.05) is 22.6 Å². The molecule has 0 aliphatic rings. The van der Waals surface area contributed by atoms with E-state index in [2.05, 4.69) is 20.9 Å². The highest BCUT2D eigenvalue weighted by Gasteiger charge is 2.12. The molecule has 0 amide bonds. The molecule has 1 aromatic heterocycles. The highest BCUT2D eigenvalue weighted by atomic mass is 127. The number of alkyl halides is 2. The lowest BCUT2D eigenvalue weighted by Crippen LogP contribution is -1.93. The Morgan fingerprint density at radius 2 is 2.09 bits per heavy atom. The molecule has 0 N–H and O–H groups in total. The van der Waals surface area contributed by atoms with Gasteiger partial charge >= 0.3 is 0 Å². The lowest BCUT2D eigenvalue weighted by Gasteiger charge is -2.01. The third-order valence-electron chi connectivity index (χ3n) is 1.05. The van der Waals surface area contributed by atoms with E-state index in [-0.39, 0.29) is 5.69 Å². The normalized spacial score (nSPS) is 10.6. The van der Waals surface area contributed by atoms with E-state index in [1.165, 1.54) is 0 Å². The molecule has 0 atom stereocenters. The van der Waals surface area contributed by atoms with Crippen LogP contribution in [0.15, 0.2) is 16.6 Å². The highest BCUT2D eigenvalue weighted by Crippen LogP contribution is 2.25. The Balaban J connectivity index is 3.13. The van der Waals surface area contributed by atoms with E-state index in [0.29, 0.717) is 8.17 Å². The van der Waals surface area contributed by atoms with Crippen LogP contribution < -0.4 is 0 Å². The van der Waals surface area contributed by atoms with Gasteiger partial charge in [-0.15, -0.1) is 0 Å². The second-order valence-electron chi connectivity index (χ2n) is 1.80. The van der Waals surface area contributed by atoms with Gasteiger partial charge < -0.3 is 0 Å². The Bertz CT molecular complexity index is 267. The molecule has 0 aromatic carbocycles. The zero-order valence-electron chi connectivity index (χ0n) is 5.19. The molecular weight excluding hydrogens is 331 g/mol. The Morgan fingerprint density at radius 3 is 2.55 bits per heavy atom. The second kappa shape index (κ2) is 3.75. The van der Waals surface area contributed by atoms with Gasteiger partial charge in [0, 0.05) is 4.47 Å². The quantitative estimate of drug-likeness (QED) is 0.567. The highest BCUT2D eigenvalue weighted by molar-refractivity contribution is 14.1. The van der Waals surface area contributed by atoms with E-state index in [4.69, 9.17) is 0 Å². The fourth-order valence-corrected chi connectivity index (χ4v) is 1.42. The molecule has 11 heavy (non-hydrogen) atoms. The molecule has 0 unspecified atom stereocenters. The van der Waals surface area contributed by atoms with Crippen molar-refractivity contribution in [2.75, 3.05) is 0 Å². The van der Waals surface area contributed by atoms with Gasteiger partial charge in [-0.2, -0.15) is 0 Å². The van der Waals surface area contributed by atoms with Gasteiger partial charge in [-0.1, -0.05) is 0 Å². The van der Waals surface area contributed by atoms with Gasteiger partial charge in [0.05, 0.1) is 0 Å². The molecule has 5 heteroatoms. The Hall–Kier alpha value is 0.220. The number of pyridine rings is 1. The predicted molar refractivity (Wildman–Crippen MR) is 49.6 cm³/mol. The van der Waals surface area contributed by atoms with Gasteiger partial charge in [0.25, 0.3) is 6.43 Å². The van der Waals surface area contributed by atoms with Crippen molar-refractivity contribution in [3.63, 3.8) is 0 Å². The molecule has 0 saturated heterocycles. The molecule has 0 spiro atoms. The molecule has 1 heterocycles. The first-order valence-electron chi connectivity index (χ1n) is 2.71. The van der Waals surface area contributed by atoms with Crippen molar-refractivity contribution in [1.82, 2.24) is 4.98 Å². The van der Waals surface area contributed by atoms with Crippen molar-refractivity contribution in [2.24, 2.45) is 0 Å². The van der Waals surface area contributed by atoms with Gasteiger partial charge in [0.1, 0.15) is 9.39 Å². The van der Waals surface area contributed by atoms with Crippen LogP contribution in [0.5, 0.6) is 0 Å². The number of halogens is 4. The summed E-state index contributed by atoms with van der Waals surface area (Å²) in [7, 11) is 0. The monoisotopic (exact) mass is 333 g/mol. The van der Waals surface area contributed by atoms with E-state index in [0.717, 1.165) is 0 Å². The average Bonchev–Trinajstić information content (AvgIpc) is 1.94. The van der Waals surface area contributed by atoms with E-state index < -0.39 is 6.43 Å². The number of hydrogen-bond acceptors (Lipinski definition) is 1. The van der Waals surface area contributed by atoms with Crippen LogP contribution in [0.2, 0.25) is 0 Å². The largest absolute Gasteiger partial charge is 0.281 e. The molecule has 0 radical (unpaired) electrons. The number of nitrogens with zero attached hydrogens (tertiary/aromatic N) is 1. The molecule has 0 fully saturated rings. The maximum Gasteiger partial charge on any atom is 0.281 e. The van der Waals surface area contributed by atoms with Crippen LogP contribution in [0, 0.1) is 3.70 Å². The third kappa shape index (κ3) is 2.33. The van der Waals surface area contributed by atoms with Crippen molar-refractivity contribution < 1.29 is 8.78 Å². The van der Waals surface area contributed by atoms with Gasteiger partial charge in [-0.3, -0.25) is 0 Å². The van der Waals surface area contributed by atoms with E-state index in [1.54, 1.807) is 12.1 Å². The lowest BCUT2D eigenvalue weighted by molar-refractivity contribution is 0.145. The predicted octanol–water partition coefficient (Wildman–Crippen LogP) is 3.39. The summed E-state index contributed by atoms with van der Waals surface area (Å²) in [5.41, 5.74) is -0.197. The summed E-state index contributed by atoms with van der Waals surface area (Å²) in [5.74, 6) is 0. The molecular formula is C6H3BrF2IN. The van der Waals surface area contributed by atoms with Gasteiger partial charge in [0.2, 0.25) is 0 Å². The molecule has 1 nitrogen and oxygen atoms in total. The van der Waals surface area contributed by atoms with Crippen molar-refractivity contribution >= 4 is 38.5 Å². The minimum atomic E-state index is -2.51. The summed E-state index contributed by atoms with van der Waals surface area (Å²) in [6, 6.07) is 3.23. The van der Waals surface area contributed by atoms with Gasteiger partial charge in [-0.25, -0.2) is 13.8 Å².